The Morgan fingerprint density at radius 1 is 0.508 bits per heavy atom. The zero-order chi connectivity index (χ0) is 44.6. The monoisotopic (exact) mass is 874 g/mol. The van der Waals surface area contributed by atoms with E-state index >= 15 is 0 Å². The molecule has 0 fully saturated rings. The summed E-state index contributed by atoms with van der Waals surface area (Å²) < 4.78 is 32.8. The van der Waals surface area contributed by atoms with Crippen LogP contribution in [0.1, 0.15) is 194 Å². The van der Waals surface area contributed by atoms with Crippen molar-refractivity contribution in [2.75, 3.05) is 26.4 Å². The van der Waals surface area contributed by atoms with Crippen LogP contribution in [0.5, 0.6) is 0 Å². The van der Waals surface area contributed by atoms with E-state index in [0.717, 1.165) is 77.0 Å². The molecule has 0 rings (SSSR count). The standard InChI is InChI=1S/C51H88NO8P/c1-3-5-7-9-11-13-15-17-19-21-23-24-26-28-30-32-34-36-38-40-42-44-51(54)60-49(48-59-61(55,56)58-46-45-52)47-57-50(53)43-41-39-37-35-33-31-29-27-25-22-20-18-16-14-12-10-8-6-4-2/h5,7,11,13,17-20,23-24,28,30,34,36,49H,3-4,6,8-10,12,14-16,21-22,25-27,29,31-33,35,37-48,52H2,1-2H3,(H,55,56)/b7-5-,13-11-,19-17-,20-18-,24-23-,30-28-,36-34-. The normalized spacial score (nSPS) is 14.0. The van der Waals surface area contributed by atoms with E-state index in [1.165, 1.54) is 83.5 Å². The van der Waals surface area contributed by atoms with Crippen LogP contribution in [-0.2, 0) is 32.7 Å². The van der Waals surface area contributed by atoms with Gasteiger partial charge in [0.1, 0.15) is 6.61 Å². The van der Waals surface area contributed by atoms with Gasteiger partial charge in [-0.3, -0.25) is 18.6 Å². The summed E-state index contributed by atoms with van der Waals surface area (Å²) in [6, 6.07) is 0. The highest BCUT2D eigenvalue weighted by molar-refractivity contribution is 7.47. The molecule has 0 spiro atoms. The van der Waals surface area contributed by atoms with Gasteiger partial charge < -0.3 is 20.1 Å². The first-order valence-corrected chi connectivity index (χ1v) is 25.6. The molecule has 2 atom stereocenters. The fraction of sp³-hybridized carbons (Fsp3) is 0.686. The number of phosphoric ester groups is 1. The molecule has 0 aromatic rings. The molecule has 0 saturated carbocycles. The lowest BCUT2D eigenvalue weighted by atomic mass is 10.1. The van der Waals surface area contributed by atoms with Crippen molar-refractivity contribution in [2.24, 2.45) is 5.73 Å². The highest BCUT2D eigenvalue weighted by Gasteiger charge is 2.26. The molecule has 0 aromatic heterocycles. The van der Waals surface area contributed by atoms with Crippen LogP contribution in [0, 0.1) is 0 Å². The first-order chi connectivity index (χ1) is 29.8. The second-order valence-corrected chi connectivity index (χ2v) is 17.0. The summed E-state index contributed by atoms with van der Waals surface area (Å²) in [6.07, 6.45) is 59.0. The van der Waals surface area contributed by atoms with Crippen molar-refractivity contribution in [3.63, 3.8) is 0 Å². The number of carbonyl (C=O) groups excluding carboxylic acids is 2. The third kappa shape index (κ3) is 46.5. The van der Waals surface area contributed by atoms with Crippen molar-refractivity contribution in [1.29, 1.82) is 0 Å². The minimum atomic E-state index is -4.40. The number of esters is 2. The van der Waals surface area contributed by atoms with Gasteiger partial charge in [-0.15, -0.1) is 0 Å². The Morgan fingerprint density at radius 2 is 0.902 bits per heavy atom. The first-order valence-electron chi connectivity index (χ1n) is 24.1. The van der Waals surface area contributed by atoms with Crippen LogP contribution in [-0.4, -0.2) is 49.3 Å². The van der Waals surface area contributed by atoms with E-state index in [9.17, 15) is 19.0 Å². The number of hydrogen-bond donors (Lipinski definition) is 2. The zero-order valence-electron chi connectivity index (χ0n) is 38.6. The predicted octanol–water partition coefficient (Wildman–Crippen LogP) is 14.4. The van der Waals surface area contributed by atoms with E-state index in [4.69, 9.17) is 24.3 Å². The molecule has 10 heteroatoms. The number of hydrogen-bond acceptors (Lipinski definition) is 8. The van der Waals surface area contributed by atoms with E-state index in [0.29, 0.717) is 6.42 Å². The Labute approximate surface area is 373 Å². The van der Waals surface area contributed by atoms with E-state index in [2.05, 4.69) is 98.9 Å². The number of allylic oxidation sites excluding steroid dienone is 14. The maximum absolute atomic E-state index is 12.6. The van der Waals surface area contributed by atoms with E-state index in [1.807, 2.05) is 0 Å². The third-order valence-corrected chi connectivity index (χ3v) is 10.7. The largest absolute Gasteiger partial charge is 0.472 e. The van der Waals surface area contributed by atoms with Crippen molar-refractivity contribution >= 4 is 19.8 Å². The molecule has 3 N–H and O–H groups in total. The van der Waals surface area contributed by atoms with Gasteiger partial charge in [0.05, 0.1) is 13.2 Å². The van der Waals surface area contributed by atoms with Crippen LogP contribution >= 0.6 is 7.82 Å². The minimum absolute atomic E-state index is 0.0417. The molecule has 0 aliphatic heterocycles. The van der Waals surface area contributed by atoms with Gasteiger partial charge in [-0.1, -0.05) is 176 Å². The van der Waals surface area contributed by atoms with Gasteiger partial charge in [0.15, 0.2) is 6.10 Å². The Kier molecular flexibility index (Phi) is 44.5. The Balaban J connectivity index is 4.20. The summed E-state index contributed by atoms with van der Waals surface area (Å²) in [5, 5.41) is 0. The molecule has 350 valence electrons. The first kappa shape index (κ1) is 58.2. The molecular formula is C51H88NO8P. The summed E-state index contributed by atoms with van der Waals surface area (Å²) >= 11 is 0. The van der Waals surface area contributed by atoms with Gasteiger partial charge in [0.2, 0.25) is 0 Å². The van der Waals surface area contributed by atoms with E-state index < -0.39 is 32.5 Å². The lowest BCUT2D eigenvalue weighted by Gasteiger charge is -2.19. The van der Waals surface area contributed by atoms with Crippen LogP contribution in [0.25, 0.3) is 0 Å². The van der Waals surface area contributed by atoms with Crippen LogP contribution in [0.4, 0.5) is 0 Å². The topological polar surface area (TPSA) is 134 Å². The maximum atomic E-state index is 12.6. The number of unbranched alkanes of at least 4 members (excludes halogenated alkanes) is 17. The van der Waals surface area contributed by atoms with Crippen LogP contribution in [0.2, 0.25) is 0 Å². The predicted molar refractivity (Wildman–Crippen MR) is 256 cm³/mol. The van der Waals surface area contributed by atoms with Gasteiger partial charge in [-0.2, -0.15) is 0 Å². The summed E-state index contributed by atoms with van der Waals surface area (Å²) in [5.41, 5.74) is 5.36. The van der Waals surface area contributed by atoms with Crippen LogP contribution in [0.15, 0.2) is 85.1 Å². The smallest absolute Gasteiger partial charge is 0.462 e. The lowest BCUT2D eigenvalue weighted by molar-refractivity contribution is -0.161. The highest BCUT2D eigenvalue weighted by Crippen LogP contribution is 2.43. The number of ether oxygens (including phenoxy) is 2. The van der Waals surface area contributed by atoms with Crippen molar-refractivity contribution < 1.29 is 37.6 Å². The molecule has 0 heterocycles. The number of rotatable bonds is 44. The average molecular weight is 874 g/mol. The molecule has 0 bridgehead atoms. The fourth-order valence-electron chi connectivity index (χ4n) is 6.22. The zero-order valence-corrected chi connectivity index (χ0v) is 39.5. The fourth-order valence-corrected chi connectivity index (χ4v) is 6.99. The summed E-state index contributed by atoms with van der Waals surface area (Å²) in [6.45, 7) is 3.56. The van der Waals surface area contributed by atoms with Gasteiger partial charge in [-0.05, 0) is 89.9 Å². The van der Waals surface area contributed by atoms with Gasteiger partial charge >= 0.3 is 19.8 Å². The highest BCUT2D eigenvalue weighted by atomic mass is 31.2. The Morgan fingerprint density at radius 3 is 1.39 bits per heavy atom. The average Bonchev–Trinajstić information content (AvgIpc) is 3.25. The SMILES string of the molecule is CC/C=C\C/C=C\C/C=C\C/C=C\C/C=C\C/C=C\CCCCC(=O)OC(COC(=O)CCCCCCCCCCC/C=C\CCCCCCCC)COP(=O)(O)OCCN. The molecular weight excluding hydrogens is 786 g/mol. The molecule has 61 heavy (non-hydrogen) atoms. The number of nitrogens with two attached hydrogens (primary N) is 1. The molecule has 0 amide bonds. The van der Waals surface area contributed by atoms with Crippen molar-refractivity contribution in [1.82, 2.24) is 0 Å². The molecule has 9 nitrogen and oxygen atoms in total. The van der Waals surface area contributed by atoms with Gasteiger partial charge in [0, 0.05) is 19.4 Å². The quantitative estimate of drug-likeness (QED) is 0.0265. The molecule has 0 aliphatic carbocycles. The molecule has 2 unspecified atom stereocenters. The van der Waals surface area contributed by atoms with Gasteiger partial charge in [-0.25, -0.2) is 4.57 Å². The lowest BCUT2D eigenvalue weighted by Crippen LogP contribution is -2.29. The number of carbonyl (C=O) groups is 2. The molecule has 0 saturated heterocycles. The van der Waals surface area contributed by atoms with Crippen molar-refractivity contribution in [3.8, 4) is 0 Å². The second kappa shape index (κ2) is 46.7. The summed E-state index contributed by atoms with van der Waals surface area (Å²) in [7, 11) is -4.40. The summed E-state index contributed by atoms with van der Waals surface area (Å²) in [5.74, 6) is -0.885. The molecule has 0 aliphatic rings. The number of phosphoric acid groups is 1. The van der Waals surface area contributed by atoms with Crippen LogP contribution < -0.4 is 5.73 Å². The Hall–Kier alpha value is -2.81. The molecule has 0 radical (unpaired) electrons. The van der Waals surface area contributed by atoms with Crippen LogP contribution in [0.3, 0.4) is 0 Å². The van der Waals surface area contributed by atoms with Gasteiger partial charge in [0.25, 0.3) is 0 Å². The van der Waals surface area contributed by atoms with E-state index in [1.54, 1.807) is 0 Å². The van der Waals surface area contributed by atoms with Crippen molar-refractivity contribution in [2.45, 2.75) is 200 Å². The molecule has 0 aromatic carbocycles. The van der Waals surface area contributed by atoms with E-state index in [-0.39, 0.29) is 32.6 Å². The summed E-state index contributed by atoms with van der Waals surface area (Å²) in [4.78, 5) is 35.0. The van der Waals surface area contributed by atoms with Crippen molar-refractivity contribution in [3.05, 3.63) is 85.1 Å². The second-order valence-electron chi connectivity index (χ2n) is 15.6. The maximum Gasteiger partial charge on any atom is 0.472 e. The Bertz CT molecular complexity index is 1270. The minimum Gasteiger partial charge on any atom is -0.462 e. The third-order valence-electron chi connectivity index (χ3n) is 9.77.